The lowest BCUT2D eigenvalue weighted by molar-refractivity contribution is 0.00454. The summed E-state index contributed by atoms with van der Waals surface area (Å²) in [6, 6.07) is 7.21. The zero-order valence-corrected chi connectivity index (χ0v) is 12.6. The molecule has 1 aliphatic rings. The largest absolute Gasteiger partial charge is 0.491 e. The molecule has 1 fully saturated rings. The Balaban J connectivity index is 2.15. The van der Waals surface area contributed by atoms with Crippen LogP contribution in [0.5, 0.6) is 5.75 Å². The van der Waals surface area contributed by atoms with Gasteiger partial charge in [0.1, 0.15) is 5.75 Å². The van der Waals surface area contributed by atoms with Crippen LogP contribution < -0.4 is 4.74 Å². The molecule has 0 radical (unpaired) electrons. The molecule has 1 amide bonds. The van der Waals surface area contributed by atoms with E-state index in [4.69, 9.17) is 21.1 Å². The van der Waals surface area contributed by atoms with E-state index in [1.54, 1.807) is 17.0 Å². The number of ether oxygens (including phenoxy) is 2. The smallest absolute Gasteiger partial charge is 0.254 e. The second kappa shape index (κ2) is 6.95. The van der Waals surface area contributed by atoms with Gasteiger partial charge in [-0.25, -0.2) is 0 Å². The van der Waals surface area contributed by atoms with Crippen LogP contribution in [0.2, 0.25) is 0 Å². The van der Waals surface area contributed by atoms with Gasteiger partial charge in [-0.15, -0.1) is 11.6 Å². The van der Waals surface area contributed by atoms with Gasteiger partial charge in [0.15, 0.2) is 0 Å². The van der Waals surface area contributed by atoms with Crippen LogP contribution in [0.4, 0.5) is 0 Å². The molecule has 1 atom stereocenters. The molecule has 4 nitrogen and oxygen atoms in total. The van der Waals surface area contributed by atoms with E-state index in [0.717, 1.165) is 0 Å². The number of morpholine rings is 1. The highest BCUT2D eigenvalue weighted by atomic mass is 35.5. The number of nitrogens with zero attached hydrogens (tertiary/aromatic N) is 1. The Kier molecular flexibility index (Phi) is 5.26. The monoisotopic (exact) mass is 297 g/mol. The van der Waals surface area contributed by atoms with Gasteiger partial charge in [-0.1, -0.05) is 6.07 Å². The quantitative estimate of drug-likeness (QED) is 0.802. The van der Waals surface area contributed by atoms with Gasteiger partial charge >= 0.3 is 0 Å². The normalized spacial score (nSPS) is 19.2. The number of benzene rings is 1. The Labute approximate surface area is 124 Å². The summed E-state index contributed by atoms with van der Waals surface area (Å²) in [5.74, 6) is 1.07. The minimum absolute atomic E-state index is 0.0202. The first-order chi connectivity index (χ1) is 9.61. The zero-order chi connectivity index (χ0) is 14.5. The van der Waals surface area contributed by atoms with Gasteiger partial charge in [0, 0.05) is 18.0 Å². The number of carbonyl (C=O) groups is 1. The molecule has 2 rings (SSSR count). The van der Waals surface area contributed by atoms with E-state index < -0.39 is 0 Å². The van der Waals surface area contributed by atoms with E-state index >= 15 is 0 Å². The van der Waals surface area contributed by atoms with Crippen LogP contribution in [0.3, 0.4) is 0 Å². The van der Waals surface area contributed by atoms with Crippen LogP contribution in [0.15, 0.2) is 24.3 Å². The SMILES string of the molecule is CC(C)Oc1cccc(C(=O)N2CCOCC2CCl)c1. The molecule has 0 bridgehead atoms. The second-order valence-corrected chi connectivity index (χ2v) is 5.38. The highest BCUT2D eigenvalue weighted by Crippen LogP contribution is 2.19. The number of hydrogen-bond acceptors (Lipinski definition) is 3. The van der Waals surface area contributed by atoms with Crippen molar-refractivity contribution in [2.24, 2.45) is 0 Å². The summed E-state index contributed by atoms with van der Waals surface area (Å²) >= 11 is 5.91. The Hall–Kier alpha value is -1.26. The van der Waals surface area contributed by atoms with E-state index in [-0.39, 0.29) is 18.1 Å². The Morgan fingerprint density at radius 3 is 3.05 bits per heavy atom. The summed E-state index contributed by atoms with van der Waals surface area (Å²) in [7, 11) is 0. The summed E-state index contributed by atoms with van der Waals surface area (Å²) < 4.78 is 11.0. The lowest BCUT2D eigenvalue weighted by Gasteiger charge is -2.34. The molecular formula is C15H20ClNO3. The number of hydrogen-bond donors (Lipinski definition) is 0. The summed E-state index contributed by atoms with van der Waals surface area (Å²) in [4.78, 5) is 14.3. The van der Waals surface area contributed by atoms with Crippen molar-refractivity contribution in [3.63, 3.8) is 0 Å². The summed E-state index contributed by atoms with van der Waals surface area (Å²) in [5, 5.41) is 0. The van der Waals surface area contributed by atoms with Gasteiger partial charge in [-0.3, -0.25) is 4.79 Å². The van der Waals surface area contributed by atoms with E-state index in [1.165, 1.54) is 0 Å². The lowest BCUT2D eigenvalue weighted by atomic mass is 10.1. The third-order valence-electron chi connectivity index (χ3n) is 3.12. The van der Waals surface area contributed by atoms with E-state index in [2.05, 4.69) is 0 Å². The molecule has 1 aliphatic heterocycles. The average molecular weight is 298 g/mol. The predicted molar refractivity (Wildman–Crippen MR) is 78.6 cm³/mol. The third-order valence-corrected chi connectivity index (χ3v) is 3.48. The van der Waals surface area contributed by atoms with Crippen LogP contribution in [0, 0.1) is 0 Å². The van der Waals surface area contributed by atoms with Crippen LogP contribution in [0.1, 0.15) is 24.2 Å². The van der Waals surface area contributed by atoms with Gasteiger partial charge in [0.25, 0.3) is 5.91 Å². The number of alkyl halides is 1. The first-order valence-electron chi connectivity index (χ1n) is 6.83. The molecule has 1 aromatic rings. The molecule has 0 aliphatic carbocycles. The summed E-state index contributed by atoms with van der Waals surface area (Å²) in [6.07, 6.45) is 0.0827. The minimum atomic E-state index is -0.0624. The molecule has 110 valence electrons. The lowest BCUT2D eigenvalue weighted by Crippen LogP contribution is -2.49. The van der Waals surface area contributed by atoms with Gasteiger partial charge in [-0.05, 0) is 32.0 Å². The molecule has 0 aromatic heterocycles. The fourth-order valence-electron chi connectivity index (χ4n) is 2.19. The first kappa shape index (κ1) is 15.1. The molecule has 5 heteroatoms. The summed E-state index contributed by atoms with van der Waals surface area (Å²) in [6.45, 7) is 5.55. The van der Waals surface area contributed by atoms with Crippen molar-refractivity contribution in [2.75, 3.05) is 25.6 Å². The van der Waals surface area contributed by atoms with Crippen molar-refractivity contribution in [2.45, 2.75) is 26.0 Å². The molecule has 20 heavy (non-hydrogen) atoms. The minimum Gasteiger partial charge on any atom is -0.491 e. The number of amides is 1. The van der Waals surface area contributed by atoms with E-state index in [0.29, 0.717) is 37.0 Å². The second-order valence-electron chi connectivity index (χ2n) is 5.08. The fourth-order valence-corrected chi connectivity index (χ4v) is 2.45. The molecule has 0 saturated carbocycles. The highest BCUT2D eigenvalue weighted by Gasteiger charge is 2.27. The average Bonchev–Trinajstić information content (AvgIpc) is 2.46. The van der Waals surface area contributed by atoms with Crippen molar-refractivity contribution in [3.8, 4) is 5.75 Å². The molecule has 1 aromatic carbocycles. The molecule has 0 N–H and O–H groups in total. The zero-order valence-electron chi connectivity index (χ0n) is 11.8. The van der Waals surface area contributed by atoms with Crippen LogP contribution in [-0.2, 0) is 4.74 Å². The van der Waals surface area contributed by atoms with Crippen molar-refractivity contribution < 1.29 is 14.3 Å². The molecule has 1 unspecified atom stereocenters. The Morgan fingerprint density at radius 1 is 1.55 bits per heavy atom. The van der Waals surface area contributed by atoms with Crippen LogP contribution in [0.25, 0.3) is 0 Å². The van der Waals surface area contributed by atoms with Gasteiger partial charge in [0.2, 0.25) is 0 Å². The molecule has 0 spiro atoms. The fraction of sp³-hybridized carbons (Fsp3) is 0.533. The Bertz CT molecular complexity index is 464. The van der Waals surface area contributed by atoms with Crippen molar-refractivity contribution >= 4 is 17.5 Å². The van der Waals surface area contributed by atoms with Crippen LogP contribution >= 0.6 is 11.6 Å². The summed E-state index contributed by atoms with van der Waals surface area (Å²) in [5.41, 5.74) is 0.625. The maximum absolute atomic E-state index is 12.6. The van der Waals surface area contributed by atoms with Crippen molar-refractivity contribution in [3.05, 3.63) is 29.8 Å². The maximum Gasteiger partial charge on any atom is 0.254 e. The van der Waals surface area contributed by atoms with Gasteiger partial charge in [0.05, 0.1) is 25.4 Å². The van der Waals surface area contributed by atoms with Gasteiger partial charge in [-0.2, -0.15) is 0 Å². The topological polar surface area (TPSA) is 38.8 Å². The van der Waals surface area contributed by atoms with Crippen molar-refractivity contribution in [1.29, 1.82) is 0 Å². The number of rotatable bonds is 4. The molecular weight excluding hydrogens is 278 g/mol. The molecule has 1 saturated heterocycles. The van der Waals surface area contributed by atoms with E-state index in [9.17, 15) is 4.79 Å². The number of carbonyl (C=O) groups excluding carboxylic acids is 1. The first-order valence-corrected chi connectivity index (χ1v) is 7.36. The van der Waals surface area contributed by atoms with Gasteiger partial charge < -0.3 is 14.4 Å². The standard InChI is InChI=1S/C15H20ClNO3/c1-11(2)20-14-5-3-4-12(8-14)15(18)17-6-7-19-10-13(17)9-16/h3-5,8,11,13H,6-7,9-10H2,1-2H3. The van der Waals surface area contributed by atoms with E-state index in [1.807, 2.05) is 26.0 Å². The third kappa shape index (κ3) is 3.64. The van der Waals surface area contributed by atoms with Crippen LogP contribution in [-0.4, -0.2) is 48.6 Å². The van der Waals surface area contributed by atoms with Crippen molar-refractivity contribution in [1.82, 2.24) is 4.90 Å². The predicted octanol–water partition coefficient (Wildman–Crippen LogP) is 2.55. The highest BCUT2D eigenvalue weighted by molar-refractivity contribution is 6.18. The Morgan fingerprint density at radius 2 is 2.35 bits per heavy atom. The molecule has 1 heterocycles. The number of halogens is 1. The maximum atomic E-state index is 12.6.